The molecule has 3 rings (SSSR count). The third-order valence-electron chi connectivity index (χ3n) is 4.72. The molecule has 1 aromatic carbocycles. The molecule has 1 atom stereocenters. The van der Waals surface area contributed by atoms with Gasteiger partial charge in [0, 0.05) is 31.9 Å². The highest BCUT2D eigenvalue weighted by Gasteiger charge is 2.31. The smallest absolute Gasteiger partial charge is 0.246 e. The van der Waals surface area contributed by atoms with Gasteiger partial charge in [0.1, 0.15) is 16.4 Å². The lowest BCUT2D eigenvalue weighted by Crippen LogP contribution is -2.54. The molecule has 2 aromatic rings. The predicted octanol–water partition coefficient (Wildman–Crippen LogP) is 1.45. The number of aryl methyl sites for hydroxylation is 2. The number of halogens is 1. The molecular formula is C18H23FN4O4S. The maximum absolute atomic E-state index is 13.1. The number of hydrogen-bond donors (Lipinski definition) is 1. The molecule has 0 aliphatic carbocycles. The number of amides is 1. The Morgan fingerprint density at radius 1 is 1.18 bits per heavy atom. The van der Waals surface area contributed by atoms with Gasteiger partial charge in [-0.3, -0.25) is 4.79 Å². The number of benzene rings is 1. The molecule has 1 aromatic heterocycles. The van der Waals surface area contributed by atoms with Crippen molar-refractivity contribution in [1.29, 1.82) is 0 Å². The van der Waals surface area contributed by atoms with E-state index in [0.29, 0.717) is 26.2 Å². The second-order valence-electron chi connectivity index (χ2n) is 6.79. The van der Waals surface area contributed by atoms with E-state index < -0.39 is 16.1 Å². The molecule has 1 aliphatic rings. The van der Waals surface area contributed by atoms with Gasteiger partial charge in [0.25, 0.3) is 0 Å². The number of sulfonamides is 1. The van der Waals surface area contributed by atoms with E-state index in [-0.39, 0.29) is 28.1 Å². The van der Waals surface area contributed by atoms with Crippen LogP contribution < -0.4 is 9.62 Å². The average Bonchev–Trinajstić information content (AvgIpc) is 3.00. The zero-order valence-electron chi connectivity index (χ0n) is 16.0. The van der Waals surface area contributed by atoms with E-state index >= 15 is 0 Å². The molecule has 28 heavy (non-hydrogen) atoms. The molecule has 1 saturated heterocycles. The highest BCUT2D eigenvalue weighted by molar-refractivity contribution is 7.89. The van der Waals surface area contributed by atoms with Crippen LogP contribution in [0.2, 0.25) is 0 Å². The summed E-state index contributed by atoms with van der Waals surface area (Å²) in [4.78, 5) is 16.3. The summed E-state index contributed by atoms with van der Waals surface area (Å²) in [6, 6.07) is 5.29. The number of nitrogens with one attached hydrogen (secondary N) is 1. The lowest BCUT2D eigenvalue weighted by molar-refractivity contribution is -0.132. The van der Waals surface area contributed by atoms with E-state index in [4.69, 9.17) is 4.52 Å². The molecule has 2 heterocycles. The van der Waals surface area contributed by atoms with E-state index in [1.54, 1.807) is 17.0 Å². The Morgan fingerprint density at radius 2 is 1.79 bits per heavy atom. The van der Waals surface area contributed by atoms with Gasteiger partial charge in [0.05, 0.1) is 6.04 Å². The topological polar surface area (TPSA) is 95.8 Å². The summed E-state index contributed by atoms with van der Waals surface area (Å²) in [5.74, 6) is -0.413. The van der Waals surface area contributed by atoms with Crippen molar-refractivity contribution in [3.63, 3.8) is 0 Å². The molecular weight excluding hydrogens is 387 g/mol. The first kappa shape index (κ1) is 20.3. The van der Waals surface area contributed by atoms with Gasteiger partial charge >= 0.3 is 0 Å². The Balaban J connectivity index is 1.61. The van der Waals surface area contributed by atoms with Gasteiger partial charge in [-0.2, -0.15) is 4.72 Å². The van der Waals surface area contributed by atoms with Crippen molar-refractivity contribution in [2.24, 2.45) is 0 Å². The first-order valence-corrected chi connectivity index (χ1v) is 10.4. The second kappa shape index (κ2) is 7.88. The van der Waals surface area contributed by atoms with Crippen LogP contribution in [0.1, 0.15) is 18.4 Å². The van der Waals surface area contributed by atoms with E-state index in [1.807, 2.05) is 0 Å². The molecule has 0 unspecified atom stereocenters. The summed E-state index contributed by atoms with van der Waals surface area (Å²) in [7, 11) is -3.92. The number of piperazine rings is 1. The highest BCUT2D eigenvalue weighted by Crippen LogP contribution is 2.20. The van der Waals surface area contributed by atoms with Gasteiger partial charge in [-0.25, -0.2) is 12.8 Å². The van der Waals surface area contributed by atoms with Gasteiger partial charge in [-0.05, 0) is 45.0 Å². The van der Waals surface area contributed by atoms with Crippen LogP contribution in [0.4, 0.5) is 10.1 Å². The molecule has 1 aliphatic heterocycles. The van der Waals surface area contributed by atoms with Crippen molar-refractivity contribution in [3.05, 3.63) is 41.5 Å². The molecule has 1 amide bonds. The van der Waals surface area contributed by atoms with Gasteiger partial charge < -0.3 is 14.3 Å². The average molecular weight is 410 g/mol. The number of anilines is 1. The maximum Gasteiger partial charge on any atom is 0.246 e. The molecule has 0 bridgehead atoms. The number of carbonyl (C=O) groups excluding carboxylic acids is 1. The third kappa shape index (κ3) is 4.17. The highest BCUT2D eigenvalue weighted by atomic mass is 32.2. The summed E-state index contributed by atoms with van der Waals surface area (Å²) in [5, 5.41) is 3.65. The van der Waals surface area contributed by atoms with Crippen LogP contribution in [-0.4, -0.2) is 56.6 Å². The van der Waals surface area contributed by atoms with Crippen LogP contribution in [0, 0.1) is 19.7 Å². The van der Waals surface area contributed by atoms with Crippen molar-refractivity contribution in [2.45, 2.75) is 31.7 Å². The third-order valence-corrected chi connectivity index (χ3v) is 6.51. The van der Waals surface area contributed by atoms with E-state index in [9.17, 15) is 17.6 Å². The number of nitrogens with zero attached hydrogens (tertiary/aromatic N) is 3. The van der Waals surface area contributed by atoms with Crippen LogP contribution in [0.15, 0.2) is 33.7 Å². The Hall–Kier alpha value is -2.46. The normalized spacial score (nSPS) is 16.3. The van der Waals surface area contributed by atoms with Crippen molar-refractivity contribution >= 4 is 21.6 Å². The first-order valence-electron chi connectivity index (χ1n) is 8.93. The minimum atomic E-state index is -3.92. The summed E-state index contributed by atoms with van der Waals surface area (Å²) >= 11 is 0. The van der Waals surface area contributed by atoms with Crippen molar-refractivity contribution in [1.82, 2.24) is 14.8 Å². The maximum atomic E-state index is 13.1. The Morgan fingerprint density at radius 3 is 2.32 bits per heavy atom. The van der Waals surface area contributed by atoms with Crippen molar-refractivity contribution < 1.29 is 22.1 Å². The molecule has 152 valence electrons. The SMILES string of the molecule is Cc1noc(C)c1S(=O)(=O)N[C@@H](C)C(=O)N1CCN(c2ccc(F)cc2)CC1. The van der Waals surface area contributed by atoms with Gasteiger partial charge in [0.2, 0.25) is 15.9 Å². The van der Waals surface area contributed by atoms with E-state index in [1.165, 1.54) is 32.9 Å². The first-order chi connectivity index (χ1) is 13.2. The predicted molar refractivity (Wildman–Crippen MR) is 101 cm³/mol. The zero-order chi connectivity index (χ0) is 20.5. The standard InChI is InChI=1S/C18H23FN4O4S/c1-12-17(14(3)27-20-12)28(25,26)21-13(2)18(24)23-10-8-22(9-11-23)16-6-4-15(19)5-7-16/h4-7,13,21H,8-11H2,1-3H3/t13-/m0/s1. The van der Waals surface area contributed by atoms with Crippen LogP contribution in [-0.2, 0) is 14.8 Å². The quantitative estimate of drug-likeness (QED) is 0.802. The Kier molecular flexibility index (Phi) is 5.71. The summed E-state index contributed by atoms with van der Waals surface area (Å²) in [6.45, 7) is 6.63. The Bertz CT molecular complexity index is 931. The monoisotopic (exact) mass is 410 g/mol. The summed E-state index contributed by atoms with van der Waals surface area (Å²) in [5.41, 5.74) is 1.14. The second-order valence-corrected chi connectivity index (χ2v) is 8.44. The van der Waals surface area contributed by atoms with Crippen molar-refractivity contribution in [2.75, 3.05) is 31.1 Å². The van der Waals surface area contributed by atoms with Crippen LogP contribution >= 0.6 is 0 Å². The summed E-state index contributed by atoms with van der Waals surface area (Å²) < 4.78 is 45.5. The van der Waals surface area contributed by atoms with Gasteiger partial charge in [-0.1, -0.05) is 5.16 Å². The molecule has 8 nitrogen and oxygen atoms in total. The number of aromatic nitrogens is 1. The lowest BCUT2D eigenvalue weighted by Gasteiger charge is -2.37. The number of rotatable bonds is 5. The number of hydrogen-bond acceptors (Lipinski definition) is 6. The Labute approximate surface area is 163 Å². The molecule has 1 N–H and O–H groups in total. The van der Waals surface area contributed by atoms with Crippen molar-refractivity contribution in [3.8, 4) is 0 Å². The van der Waals surface area contributed by atoms with E-state index in [2.05, 4.69) is 14.8 Å². The van der Waals surface area contributed by atoms with E-state index in [0.717, 1.165) is 5.69 Å². The minimum Gasteiger partial charge on any atom is -0.368 e. The minimum absolute atomic E-state index is 0.0340. The van der Waals surface area contributed by atoms with Gasteiger partial charge in [0.15, 0.2) is 5.76 Å². The largest absolute Gasteiger partial charge is 0.368 e. The molecule has 10 heteroatoms. The zero-order valence-corrected chi connectivity index (χ0v) is 16.8. The van der Waals surface area contributed by atoms with Crippen LogP contribution in [0.5, 0.6) is 0 Å². The molecule has 0 radical (unpaired) electrons. The van der Waals surface area contributed by atoms with Crippen LogP contribution in [0.25, 0.3) is 0 Å². The lowest BCUT2D eigenvalue weighted by atomic mass is 10.2. The van der Waals surface area contributed by atoms with Crippen LogP contribution in [0.3, 0.4) is 0 Å². The fraction of sp³-hybridized carbons (Fsp3) is 0.444. The molecule has 1 fully saturated rings. The summed E-state index contributed by atoms with van der Waals surface area (Å²) in [6.07, 6.45) is 0. The fourth-order valence-electron chi connectivity index (χ4n) is 3.31. The van der Waals surface area contributed by atoms with Gasteiger partial charge in [-0.15, -0.1) is 0 Å². The fourth-order valence-corrected chi connectivity index (χ4v) is 4.84. The molecule has 0 spiro atoms. The molecule has 0 saturated carbocycles. The number of carbonyl (C=O) groups is 1.